The predicted molar refractivity (Wildman–Crippen MR) is 97.5 cm³/mol. The number of pyridine rings is 1. The number of aromatic nitrogens is 1. The van der Waals surface area contributed by atoms with Crippen LogP contribution in [-0.4, -0.2) is 33.4 Å². The zero-order valence-corrected chi connectivity index (χ0v) is 14.8. The van der Waals surface area contributed by atoms with E-state index in [4.69, 9.17) is 4.98 Å². The minimum absolute atomic E-state index is 0.0787. The number of hydrogen-bond donors (Lipinski definition) is 2. The summed E-state index contributed by atoms with van der Waals surface area (Å²) in [6, 6.07) is 13.2. The van der Waals surface area contributed by atoms with E-state index in [0.29, 0.717) is 18.7 Å². The van der Waals surface area contributed by atoms with Gasteiger partial charge in [-0.3, -0.25) is 14.7 Å². The van der Waals surface area contributed by atoms with E-state index < -0.39 is 5.97 Å². The average Bonchev–Trinajstić information content (AvgIpc) is 3.08. The average molecular weight is 353 g/mol. The fraction of sp³-hybridized carbons (Fsp3) is 0.350. The Balaban J connectivity index is 1.78. The molecule has 1 atom stereocenters. The molecule has 1 saturated heterocycles. The van der Waals surface area contributed by atoms with Crippen LogP contribution in [0.25, 0.3) is 0 Å². The number of rotatable bonds is 6. The van der Waals surface area contributed by atoms with E-state index in [9.17, 15) is 14.7 Å². The molecule has 136 valence electrons. The lowest BCUT2D eigenvalue weighted by Gasteiger charge is -2.25. The second-order valence-corrected chi connectivity index (χ2v) is 6.55. The number of carboxylic acids is 1. The molecule has 2 aromatic rings. The molecule has 0 spiro atoms. The van der Waals surface area contributed by atoms with Gasteiger partial charge < -0.3 is 10.4 Å². The van der Waals surface area contributed by atoms with E-state index in [1.807, 2.05) is 30.3 Å². The Labute approximate surface area is 152 Å². The summed E-state index contributed by atoms with van der Waals surface area (Å²) >= 11 is 0. The number of likely N-dealkylation sites (tertiary alicyclic amines) is 1. The summed E-state index contributed by atoms with van der Waals surface area (Å²) < 4.78 is 0. The Morgan fingerprint density at radius 2 is 2.04 bits per heavy atom. The van der Waals surface area contributed by atoms with Gasteiger partial charge in [0, 0.05) is 13.5 Å². The highest BCUT2D eigenvalue weighted by Gasteiger charge is 2.28. The summed E-state index contributed by atoms with van der Waals surface area (Å²) in [6.45, 7) is 3.40. The molecular formula is C20H23N3O3. The van der Waals surface area contributed by atoms with E-state index >= 15 is 0 Å². The van der Waals surface area contributed by atoms with Crippen LogP contribution in [-0.2, 0) is 17.9 Å². The van der Waals surface area contributed by atoms with E-state index in [0.717, 1.165) is 36.3 Å². The number of nitrogens with zero attached hydrogens (tertiary/aromatic N) is 2. The van der Waals surface area contributed by atoms with Gasteiger partial charge in [-0.2, -0.15) is 0 Å². The van der Waals surface area contributed by atoms with Gasteiger partial charge in [-0.1, -0.05) is 24.3 Å². The number of benzene rings is 1. The first-order valence-corrected chi connectivity index (χ1v) is 8.80. The number of aromatic carboxylic acids is 1. The predicted octanol–water partition coefficient (Wildman–Crippen LogP) is 2.75. The third-order valence-corrected chi connectivity index (χ3v) is 4.67. The molecule has 0 bridgehead atoms. The Morgan fingerprint density at radius 3 is 2.81 bits per heavy atom. The second kappa shape index (κ2) is 8.10. The molecule has 0 saturated carbocycles. The van der Waals surface area contributed by atoms with Crippen LogP contribution in [0.15, 0.2) is 42.5 Å². The van der Waals surface area contributed by atoms with Crippen LogP contribution in [0.4, 0.5) is 0 Å². The maximum atomic E-state index is 11.5. The van der Waals surface area contributed by atoms with Crippen LogP contribution < -0.4 is 5.32 Å². The van der Waals surface area contributed by atoms with Crippen molar-refractivity contribution in [3.05, 3.63) is 65.0 Å². The standard InChI is InChI=1S/C20H23N3O3/c1-14(24)21-12-16-7-4-9-18(22-16)19-10-5-11-23(19)13-15-6-2-3-8-17(15)20(25)26/h2-4,6-9,19H,5,10-13H2,1H3,(H,21,24)(H,25,26)/t19-/m1/s1. The lowest BCUT2D eigenvalue weighted by molar-refractivity contribution is -0.119. The monoisotopic (exact) mass is 353 g/mol. The lowest BCUT2D eigenvalue weighted by Crippen LogP contribution is -2.25. The molecule has 1 aliphatic rings. The Kier molecular flexibility index (Phi) is 5.63. The summed E-state index contributed by atoms with van der Waals surface area (Å²) in [7, 11) is 0. The van der Waals surface area contributed by atoms with Crippen molar-refractivity contribution in [2.45, 2.75) is 38.9 Å². The second-order valence-electron chi connectivity index (χ2n) is 6.55. The third kappa shape index (κ3) is 4.26. The van der Waals surface area contributed by atoms with Crippen molar-refractivity contribution in [1.29, 1.82) is 0 Å². The summed E-state index contributed by atoms with van der Waals surface area (Å²) in [4.78, 5) is 29.5. The van der Waals surface area contributed by atoms with Crippen LogP contribution in [0, 0.1) is 0 Å². The number of hydrogen-bond acceptors (Lipinski definition) is 4. The molecule has 2 heterocycles. The highest BCUT2D eigenvalue weighted by molar-refractivity contribution is 5.89. The van der Waals surface area contributed by atoms with Crippen LogP contribution in [0.3, 0.4) is 0 Å². The van der Waals surface area contributed by atoms with Crippen molar-refractivity contribution in [3.63, 3.8) is 0 Å². The van der Waals surface area contributed by atoms with Gasteiger partial charge in [-0.15, -0.1) is 0 Å². The SMILES string of the molecule is CC(=O)NCc1cccc([C@H]2CCCN2Cc2ccccc2C(=O)O)n1. The molecule has 1 aromatic carbocycles. The van der Waals surface area contributed by atoms with Gasteiger partial charge in [-0.25, -0.2) is 4.79 Å². The zero-order valence-electron chi connectivity index (χ0n) is 14.8. The molecule has 2 N–H and O–H groups in total. The fourth-order valence-electron chi connectivity index (χ4n) is 3.43. The van der Waals surface area contributed by atoms with E-state index in [-0.39, 0.29) is 11.9 Å². The quantitative estimate of drug-likeness (QED) is 0.834. The van der Waals surface area contributed by atoms with Crippen molar-refractivity contribution in [2.24, 2.45) is 0 Å². The number of carbonyl (C=O) groups is 2. The fourth-order valence-corrected chi connectivity index (χ4v) is 3.43. The molecule has 1 fully saturated rings. The molecular weight excluding hydrogens is 330 g/mol. The Bertz CT molecular complexity index is 806. The van der Waals surface area contributed by atoms with Crippen LogP contribution in [0.1, 0.15) is 53.1 Å². The number of carbonyl (C=O) groups excluding carboxylic acids is 1. The van der Waals surface area contributed by atoms with Crippen LogP contribution in [0.5, 0.6) is 0 Å². The van der Waals surface area contributed by atoms with Gasteiger partial charge in [0.25, 0.3) is 0 Å². The summed E-state index contributed by atoms with van der Waals surface area (Å²) in [5, 5.41) is 12.2. The molecule has 1 amide bonds. The molecule has 3 rings (SSSR count). The van der Waals surface area contributed by atoms with Gasteiger partial charge in [0.1, 0.15) is 0 Å². The zero-order chi connectivity index (χ0) is 18.5. The van der Waals surface area contributed by atoms with Crippen molar-refractivity contribution in [2.75, 3.05) is 6.54 Å². The van der Waals surface area contributed by atoms with Gasteiger partial charge >= 0.3 is 5.97 Å². The van der Waals surface area contributed by atoms with Gasteiger partial charge in [0.2, 0.25) is 5.91 Å². The molecule has 26 heavy (non-hydrogen) atoms. The van der Waals surface area contributed by atoms with E-state index in [1.165, 1.54) is 6.92 Å². The number of carboxylic acid groups (broad SMARTS) is 1. The van der Waals surface area contributed by atoms with Crippen LogP contribution >= 0.6 is 0 Å². The highest BCUT2D eigenvalue weighted by atomic mass is 16.4. The van der Waals surface area contributed by atoms with Gasteiger partial charge in [0.15, 0.2) is 0 Å². The molecule has 6 nitrogen and oxygen atoms in total. The van der Waals surface area contributed by atoms with Crippen LogP contribution in [0.2, 0.25) is 0 Å². The summed E-state index contributed by atoms with van der Waals surface area (Å²) in [5.41, 5.74) is 2.97. The largest absolute Gasteiger partial charge is 0.478 e. The molecule has 1 aromatic heterocycles. The highest BCUT2D eigenvalue weighted by Crippen LogP contribution is 2.32. The van der Waals surface area contributed by atoms with Gasteiger partial charge in [-0.05, 0) is 43.1 Å². The number of amides is 1. The molecule has 1 aliphatic heterocycles. The Hall–Kier alpha value is -2.73. The topological polar surface area (TPSA) is 82.5 Å². The van der Waals surface area contributed by atoms with Crippen molar-refractivity contribution < 1.29 is 14.7 Å². The van der Waals surface area contributed by atoms with Crippen molar-refractivity contribution >= 4 is 11.9 Å². The molecule has 0 radical (unpaired) electrons. The first kappa shape index (κ1) is 18.1. The Morgan fingerprint density at radius 1 is 1.23 bits per heavy atom. The minimum atomic E-state index is -0.897. The molecule has 6 heteroatoms. The van der Waals surface area contributed by atoms with Crippen molar-refractivity contribution in [3.8, 4) is 0 Å². The maximum absolute atomic E-state index is 11.5. The molecule has 0 unspecified atom stereocenters. The van der Waals surface area contributed by atoms with E-state index in [1.54, 1.807) is 12.1 Å². The maximum Gasteiger partial charge on any atom is 0.336 e. The third-order valence-electron chi connectivity index (χ3n) is 4.67. The van der Waals surface area contributed by atoms with Crippen molar-refractivity contribution in [1.82, 2.24) is 15.2 Å². The minimum Gasteiger partial charge on any atom is -0.478 e. The van der Waals surface area contributed by atoms with Gasteiger partial charge in [0.05, 0.1) is 29.5 Å². The number of nitrogens with one attached hydrogen (secondary N) is 1. The summed E-state index contributed by atoms with van der Waals surface area (Å²) in [5.74, 6) is -0.975. The first-order valence-electron chi connectivity index (χ1n) is 8.80. The first-order chi connectivity index (χ1) is 12.5. The lowest BCUT2D eigenvalue weighted by atomic mass is 10.1. The normalized spacial score (nSPS) is 17.2. The smallest absolute Gasteiger partial charge is 0.336 e. The molecule has 0 aliphatic carbocycles. The summed E-state index contributed by atoms with van der Waals surface area (Å²) in [6.07, 6.45) is 2.04. The van der Waals surface area contributed by atoms with E-state index in [2.05, 4.69) is 10.2 Å².